The van der Waals surface area contributed by atoms with Gasteiger partial charge in [0.05, 0.1) is 13.7 Å². The van der Waals surface area contributed by atoms with Crippen LogP contribution in [0.2, 0.25) is 0 Å². The van der Waals surface area contributed by atoms with Crippen molar-refractivity contribution in [1.29, 1.82) is 0 Å². The molecule has 3 aromatic rings. The van der Waals surface area contributed by atoms with E-state index in [-0.39, 0.29) is 5.91 Å². The summed E-state index contributed by atoms with van der Waals surface area (Å²) in [6, 6.07) is 22.1. The molecule has 1 heterocycles. The highest BCUT2D eigenvalue weighted by molar-refractivity contribution is 5.94. The number of nitrogens with one attached hydrogen (secondary N) is 2. The molecular formula is C28H32N2O3. The number of amides is 1. The highest BCUT2D eigenvalue weighted by atomic mass is 16.5. The van der Waals surface area contributed by atoms with Gasteiger partial charge >= 0.3 is 0 Å². The zero-order valence-electron chi connectivity index (χ0n) is 19.2. The summed E-state index contributed by atoms with van der Waals surface area (Å²) in [5.41, 5.74) is 5.20. The van der Waals surface area contributed by atoms with Crippen LogP contribution in [-0.2, 0) is 19.5 Å². The molecule has 1 aliphatic heterocycles. The number of ether oxygens (including phenoxy) is 2. The lowest BCUT2D eigenvalue weighted by Gasteiger charge is -2.15. The monoisotopic (exact) mass is 444 g/mol. The minimum absolute atomic E-state index is 0.0917. The molecule has 5 nitrogen and oxygen atoms in total. The Bertz CT molecular complexity index is 1060. The van der Waals surface area contributed by atoms with E-state index in [4.69, 9.17) is 9.47 Å². The molecule has 0 aromatic heterocycles. The number of methoxy groups -OCH3 is 1. The van der Waals surface area contributed by atoms with Gasteiger partial charge in [-0.1, -0.05) is 36.4 Å². The van der Waals surface area contributed by atoms with Crippen molar-refractivity contribution in [3.63, 3.8) is 0 Å². The van der Waals surface area contributed by atoms with Gasteiger partial charge in [0.1, 0.15) is 11.5 Å². The first-order chi connectivity index (χ1) is 16.2. The SMILES string of the molecule is COc1ccc(CNC(=O)c2ccc3c(c2)Cc2cccc(c2)CNCCCCCO3)cc1. The molecule has 172 valence electrons. The van der Waals surface area contributed by atoms with E-state index in [1.807, 2.05) is 42.5 Å². The quantitative estimate of drug-likeness (QED) is 0.603. The number of carbonyl (C=O) groups is 1. The molecule has 0 spiro atoms. The van der Waals surface area contributed by atoms with E-state index in [0.717, 1.165) is 61.4 Å². The van der Waals surface area contributed by atoms with E-state index in [1.165, 1.54) is 11.1 Å². The number of rotatable bonds is 4. The Balaban J connectivity index is 1.51. The number of fused-ring (bicyclic) bond motifs is 3. The Morgan fingerprint density at radius 3 is 2.70 bits per heavy atom. The van der Waals surface area contributed by atoms with E-state index in [2.05, 4.69) is 34.9 Å². The fourth-order valence-electron chi connectivity index (χ4n) is 4.04. The van der Waals surface area contributed by atoms with Crippen molar-refractivity contribution >= 4 is 5.91 Å². The summed E-state index contributed by atoms with van der Waals surface area (Å²) in [4.78, 5) is 12.9. The molecule has 33 heavy (non-hydrogen) atoms. The minimum Gasteiger partial charge on any atom is -0.497 e. The Kier molecular flexibility index (Phi) is 7.99. The highest BCUT2D eigenvalue weighted by Crippen LogP contribution is 2.25. The first-order valence-electron chi connectivity index (χ1n) is 11.7. The molecule has 0 atom stereocenters. The van der Waals surface area contributed by atoms with Crippen molar-refractivity contribution < 1.29 is 14.3 Å². The largest absolute Gasteiger partial charge is 0.497 e. The van der Waals surface area contributed by atoms with Gasteiger partial charge in [0.25, 0.3) is 5.91 Å². The lowest BCUT2D eigenvalue weighted by Crippen LogP contribution is -2.23. The normalized spacial score (nSPS) is 14.3. The molecule has 2 bridgehead atoms. The van der Waals surface area contributed by atoms with Gasteiger partial charge in [-0.15, -0.1) is 0 Å². The van der Waals surface area contributed by atoms with Crippen LogP contribution < -0.4 is 20.1 Å². The van der Waals surface area contributed by atoms with E-state index >= 15 is 0 Å². The van der Waals surface area contributed by atoms with E-state index in [9.17, 15) is 4.79 Å². The summed E-state index contributed by atoms with van der Waals surface area (Å²) < 4.78 is 11.3. The number of benzene rings is 3. The molecule has 0 saturated heterocycles. The van der Waals surface area contributed by atoms with Crippen LogP contribution in [0.3, 0.4) is 0 Å². The van der Waals surface area contributed by atoms with Gasteiger partial charge in [0.15, 0.2) is 0 Å². The second-order valence-electron chi connectivity index (χ2n) is 8.44. The van der Waals surface area contributed by atoms with Crippen molar-refractivity contribution in [3.8, 4) is 11.5 Å². The Morgan fingerprint density at radius 2 is 1.85 bits per heavy atom. The lowest BCUT2D eigenvalue weighted by atomic mass is 9.99. The van der Waals surface area contributed by atoms with Crippen molar-refractivity contribution in [1.82, 2.24) is 10.6 Å². The Morgan fingerprint density at radius 1 is 1.00 bits per heavy atom. The predicted molar refractivity (Wildman–Crippen MR) is 131 cm³/mol. The van der Waals surface area contributed by atoms with Crippen LogP contribution in [0.4, 0.5) is 0 Å². The molecule has 2 N–H and O–H groups in total. The van der Waals surface area contributed by atoms with Crippen molar-refractivity contribution in [2.75, 3.05) is 20.3 Å². The first kappa shape index (κ1) is 22.9. The van der Waals surface area contributed by atoms with Gasteiger partial charge in [-0.2, -0.15) is 0 Å². The molecule has 5 heteroatoms. The summed E-state index contributed by atoms with van der Waals surface area (Å²) in [6.07, 6.45) is 4.02. The first-order valence-corrected chi connectivity index (χ1v) is 11.7. The lowest BCUT2D eigenvalue weighted by molar-refractivity contribution is 0.0950. The zero-order valence-corrected chi connectivity index (χ0v) is 19.2. The molecular weight excluding hydrogens is 412 g/mol. The molecule has 0 fully saturated rings. The molecule has 0 unspecified atom stereocenters. The van der Waals surface area contributed by atoms with Crippen LogP contribution in [0.25, 0.3) is 0 Å². The van der Waals surface area contributed by atoms with E-state index in [1.54, 1.807) is 7.11 Å². The molecule has 4 rings (SSSR count). The van der Waals surface area contributed by atoms with Gasteiger partial charge in [0.2, 0.25) is 0 Å². The third-order valence-electron chi connectivity index (χ3n) is 5.91. The molecule has 1 aliphatic rings. The van der Waals surface area contributed by atoms with E-state index < -0.39 is 0 Å². The molecule has 3 aromatic carbocycles. The summed E-state index contributed by atoms with van der Waals surface area (Å²) in [7, 11) is 1.64. The van der Waals surface area contributed by atoms with Crippen LogP contribution in [0.15, 0.2) is 66.7 Å². The smallest absolute Gasteiger partial charge is 0.251 e. The Hall–Kier alpha value is -3.31. The van der Waals surface area contributed by atoms with Gasteiger partial charge in [0, 0.05) is 25.1 Å². The van der Waals surface area contributed by atoms with Crippen LogP contribution in [0, 0.1) is 0 Å². The van der Waals surface area contributed by atoms with Crippen molar-refractivity contribution in [3.05, 3.63) is 94.5 Å². The van der Waals surface area contributed by atoms with Crippen molar-refractivity contribution in [2.45, 2.75) is 38.8 Å². The van der Waals surface area contributed by atoms with Crippen LogP contribution in [0.1, 0.15) is 51.9 Å². The van der Waals surface area contributed by atoms with Crippen LogP contribution >= 0.6 is 0 Å². The summed E-state index contributed by atoms with van der Waals surface area (Å²) in [5, 5.41) is 6.54. The van der Waals surface area contributed by atoms with Gasteiger partial charge in [-0.05, 0) is 78.4 Å². The third kappa shape index (κ3) is 6.59. The summed E-state index contributed by atoms with van der Waals surface area (Å²) in [6.45, 7) is 3.06. The minimum atomic E-state index is -0.0917. The molecule has 0 radical (unpaired) electrons. The third-order valence-corrected chi connectivity index (χ3v) is 5.91. The second kappa shape index (κ2) is 11.5. The number of hydrogen-bond acceptors (Lipinski definition) is 4. The maximum atomic E-state index is 12.9. The molecule has 0 saturated carbocycles. The number of carbonyl (C=O) groups excluding carboxylic acids is 1. The van der Waals surface area contributed by atoms with Crippen molar-refractivity contribution in [2.24, 2.45) is 0 Å². The van der Waals surface area contributed by atoms with Gasteiger partial charge in [-0.3, -0.25) is 4.79 Å². The maximum absolute atomic E-state index is 12.9. The highest BCUT2D eigenvalue weighted by Gasteiger charge is 2.12. The fourth-order valence-corrected chi connectivity index (χ4v) is 4.04. The molecule has 1 amide bonds. The van der Waals surface area contributed by atoms with E-state index in [0.29, 0.717) is 18.7 Å². The maximum Gasteiger partial charge on any atom is 0.251 e. The molecule has 0 aliphatic carbocycles. The van der Waals surface area contributed by atoms with Gasteiger partial charge < -0.3 is 20.1 Å². The van der Waals surface area contributed by atoms with Crippen LogP contribution in [0.5, 0.6) is 11.5 Å². The average Bonchev–Trinajstić information content (AvgIpc) is 2.85. The second-order valence-corrected chi connectivity index (χ2v) is 8.44. The standard InChI is InChI=1S/C28H32N2O3/c1-32-26-11-8-21(9-12-26)20-30-28(31)24-10-13-27-25(18-24)17-22-6-5-7-23(16-22)19-29-14-3-2-4-15-33-27/h5-13,16,18,29H,2-4,14-15,17,19-20H2,1H3,(H,30,31). The number of hydrogen-bond donors (Lipinski definition) is 2. The average molecular weight is 445 g/mol. The predicted octanol–water partition coefficient (Wildman–Crippen LogP) is 4.87. The van der Waals surface area contributed by atoms with Crippen LogP contribution in [-0.4, -0.2) is 26.2 Å². The fraction of sp³-hybridized carbons (Fsp3) is 0.321. The topological polar surface area (TPSA) is 59.6 Å². The summed E-state index contributed by atoms with van der Waals surface area (Å²) >= 11 is 0. The summed E-state index contributed by atoms with van der Waals surface area (Å²) in [5.74, 6) is 1.57. The Labute approximate surface area is 196 Å². The zero-order chi connectivity index (χ0) is 22.9. The van der Waals surface area contributed by atoms with Gasteiger partial charge in [-0.25, -0.2) is 0 Å².